The van der Waals surface area contributed by atoms with Crippen LogP contribution in [0.2, 0.25) is 0 Å². The molecule has 3 aliphatic rings. The summed E-state index contributed by atoms with van der Waals surface area (Å²) in [7, 11) is 2.96. The summed E-state index contributed by atoms with van der Waals surface area (Å²) in [5.74, 6) is -0.316. The van der Waals surface area contributed by atoms with Crippen LogP contribution in [0.5, 0.6) is 5.75 Å². The Morgan fingerprint density at radius 3 is 2.61 bits per heavy atom. The third kappa shape index (κ3) is 4.95. The number of hydrogen-bond acceptors (Lipinski definition) is 7. The summed E-state index contributed by atoms with van der Waals surface area (Å²) < 4.78 is 37.2. The Balaban J connectivity index is 1.19. The predicted octanol–water partition coefficient (Wildman–Crippen LogP) is 4.10. The fourth-order valence-electron chi connectivity index (χ4n) is 5.99. The van der Waals surface area contributed by atoms with Crippen LogP contribution in [0, 0.1) is 21.8 Å². The minimum absolute atomic E-state index is 0.0769. The van der Waals surface area contributed by atoms with Gasteiger partial charge in [0.25, 0.3) is 5.91 Å². The Morgan fingerprint density at radius 1 is 1.26 bits per heavy atom. The van der Waals surface area contributed by atoms with E-state index in [4.69, 9.17) is 9.57 Å². The number of hydrogen-bond donors (Lipinski definition) is 0. The molecule has 1 amide bonds. The van der Waals surface area contributed by atoms with E-state index in [1.165, 1.54) is 37.0 Å². The third-order valence-corrected chi connectivity index (χ3v) is 8.10. The van der Waals surface area contributed by atoms with E-state index in [-0.39, 0.29) is 24.6 Å². The van der Waals surface area contributed by atoms with Gasteiger partial charge in [-0.1, -0.05) is 10.3 Å². The van der Waals surface area contributed by atoms with Gasteiger partial charge in [-0.3, -0.25) is 4.79 Å². The zero-order valence-electron chi connectivity index (χ0n) is 21.5. The number of ether oxygens (including phenoxy) is 1. The van der Waals surface area contributed by atoms with Gasteiger partial charge < -0.3 is 24.6 Å². The molecule has 1 saturated carbocycles. The maximum absolute atomic E-state index is 15.9. The number of benzene rings is 1. The van der Waals surface area contributed by atoms with Gasteiger partial charge in [0.05, 0.1) is 17.5 Å². The monoisotopic (exact) mass is 531 g/mol. The molecule has 1 saturated heterocycles. The quantitative estimate of drug-likeness (QED) is 0.424. The predicted molar refractivity (Wildman–Crippen MR) is 133 cm³/mol. The number of nitro groups is 1. The minimum atomic E-state index is -1.92. The zero-order chi connectivity index (χ0) is 27.1. The third-order valence-electron chi connectivity index (χ3n) is 8.10. The molecule has 1 spiro atoms. The SMILES string of the molecule is CO/N=C1\CC2(CCN(C(=O)C3(F)CCC(Cc4cc([N+](=O)[O-])n(C)n4)CC3)CC2)Oc2ccc(F)cc21. The number of alkyl halides is 1. The Bertz CT molecular complexity index is 1260. The molecule has 0 unspecified atom stereocenters. The average molecular weight is 532 g/mol. The number of amides is 1. The van der Waals surface area contributed by atoms with Crippen molar-refractivity contribution in [3.05, 3.63) is 51.5 Å². The van der Waals surface area contributed by atoms with Crippen molar-refractivity contribution in [3.8, 4) is 5.75 Å². The number of aromatic nitrogens is 2. The van der Waals surface area contributed by atoms with Crippen molar-refractivity contribution in [2.45, 2.75) is 62.6 Å². The minimum Gasteiger partial charge on any atom is -0.486 e. The second kappa shape index (κ2) is 9.95. The van der Waals surface area contributed by atoms with Crippen LogP contribution in [0.1, 0.15) is 56.2 Å². The standard InChI is InChI=1S/C26H31F2N5O5/c1-31-23(33(35)36)15-19(29-31)13-17-5-7-26(28,8-6-17)24(34)32-11-9-25(10-12-32)16-21(30-37-2)20-14-18(27)3-4-22(20)38-25/h3-4,14-15,17H,5-13,16H2,1-2H3/b30-21+. The molecule has 0 N–H and O–H groups in total. The van der Waals surface area contributed by atoms with Crippen LogP contribution >= 0.6 is 0 Å². The highest BCUT2D eigenvalue weighted by Gasteiger charge is 2.48. The normalized spacial score (nSPS) is 25.6. The van der Waals surface area contributed by atoms with E-state index >= 15 is 4.39 Å². The summed E-state index contributed by atoms with van der Waals surface area (Å²) in [5.41, 5.74) is -0.790. The molecule has 0 atom stereocenters. The van der Waals surface area contributed by atoms with Crippen LogP contribution in [-0.4, -0.2) is 62.7 Å². The maximum Gasteiger partial charge on any atom is 0.344 e. The second-order valence-corrected chi connectivity index (χ2v) is 10.6. The van der Waals surface area contributed by atoms with Crippen molar-refractivity contribution >= 4 is 17.4 Å². The molecule has 1 aromatic heterocycles. The number of carbonyl (C=O) groups is 1. The number of nitrogens with zero attached hydrogens (tertiary/aromatic N) is 5. The number of piperidine rings is 1. The Hall–Kier alpha value is -3.57. The zero-order valence-corrected chi connectivity index (χ0v) is 21.5. The number of oxime groups is 1. The Morgan fingerprint density at radius 2 is 1.97 bits per heavy atom. The van der Waals surface area contributed by atoms with Crippen molar-refractivity contribution in [3.63, 3.8) is 0 Å². The summed E-state index contributed by atoms with van der Waals surface area (Å²) in [5, 5.41) is 19.4. The average Bonchev–Trinajstić information content (AvgIpc) is 3.26. The number of rotatable bonds is 5. The van der Waals surface area contributed by atoms with Gasteiger partial charge in [0, 0.05) is 37.9 Å². The van der Waals surface area contributed by atoms with E-state index in [9.17, 15) is 19.3 Å². The van der Waals surface area contributed by atoms with Crippen LogP contribution in [0.15, 0.2) is 29.4 Å². The molecular weight excluding hydrogens is 500 g/mol. The number of likely N-dealkylation sites (tertiary alicyclic amines) is 1. The molecule has 1 aliphatic carbocycles. The van der Waals surface area contributed by atoms with Crippen LogP contribution in [-0.2, 0) is 23.1 Å². The molecule has 2 aromatic rings. The molecule has 12 heteroatoms. The van der Waals surface area contributed by atoms with Crippen LogP contribution in [0.3, 0.4) is 0 Å². The molecule has 5 rings (SSSR count). The van der Waals surface area contributed by atoms with Crippen LogP contribution in [0.4, 0.5) is 14.6 Å². The Labute approximate surface area is 218 Å². The number of halogens is 2. The van der Waals surface area contributed by atoms with E-state index in [0.717, 1.165) is 0 Å². The molecule has 2 fully saturated rings. The number of carbonyl (C=O) groups excluding carboxylic acids is 1. The molecule has 1 aromatic carbocycles. The van der Waals surface area contributed by atoms with Gasteiger partial charge in [0.1, 0.15) is 31.3 Å². The Kier molecular flexibility index (Phi) is 6.83. The highest BCUT2D eigenvalue weighted by molar-refractivity contribution is 6.04. The van der Waals surface area contributed by atoms with Crippen molar-refractivity contribution in [2.75, 3.05) is 20.2 Å². The first-order chi connectivity index (χ1) is 18.1. The largest absolute Gasteiger partial charge is 0.486 e. The van der Waals surface area contributed by atoms with Gasteiger partial charge in [-0.25, -0.2) is 8.78 Å². The summed E-state index contributed by atoms with van der Waals surface area (Å²) >= 11 is 0. The second-order valence-electron chi connectivity index (χ2n) is 10.6. The summed E-state index contributed by atoms with van der Waals surface area (Å²) in [6.07, 6.45) is 3.18. The number of aryl methyl sites for hydroxylation is 1. The summed E-state index contributed by atoms with van der Waals surface area (Å²) in [6, 6.07) is 5.74. The lowest BCUT2D eigenvalue weighted by Gasteiger charge is -2.46. The molecule has 0 radical (unpaired) electrons. The lowest BCUT2D eigenvalue weighted by atomic mass is 9.76. The van der Waals surface area contributed by atoms with E-state index < -0.39 is 27.9 Å². The first-order valence-corrected chi connectivity index (χ1v) is 12.9. The highest BCUT2D eigenvalue weighted by atomic mass is 19.1. The van der Waals surface area contributed by atoms with Gasteiger partial charge in [0.2, 0.25) is 0 Å². The van der Waals surface area contributed by atoms with Gasteiger partial charge in [-0.15, -0.1) is 4.68 Å². The lowest BCUT2D eigenvalue weighted by molar-refractivity contribution is -0.392. The van der Waals surface area contributed by atoms with Gasteiger partial charge in [0.15, 0.2) is 5.67 Å². The molecule has 10 nitrogen and oxygen atoms in total. The van der Waals surface area contributed by atoms with E-state index in [1.807, 2.05) is 0 Å². The van der Waals surface area contributed by atoms with E-state index in [1.54, 1.807) is 11.0 Å². The topological polar surface area (TPSA) is 112 Å². The molecule has 38 heavy (non-hydrogen) atoms. The van der Waals surface area contributed by atoms with Crippen LogP contribution < -0.4 is 4.74 Å². The molecule has 2 aliphatic heterocycles. The van der Waals surface area contributed by atoms with Crippen LogP contribution in [0.25, 0.3) is 0 Å². The maximum atomic E-state index is 15.9. The van der Waals surface area contributed by atoms with Gasteiger partial charge >= 0.3 is 5.82 Å². The van der Waals surface area contributed by atoms with Gasteiger partial charge in [-0.2, -0.15) is 0 Å². The molecule has 0 bridgehead atoms. The molecule has 3 heterocycles. The smallest absolute Gasteiger partial charge is 0.344 e. The highest BCUT2D eigenvalue weighted by Crippen LogP contribution is 2.42. The van der Waals surface area contributed by atoms with Gasteiger partial charge in [-0.05, 0) is 61.1 Å². The molecule has 204 valence electrons. The summed E-state index contributed by atoms with van der Waals surface area (Å²) in [6.45, 7) is 0.699. The van der Waals surface area contributed by atoms with Crippen molar-refractivity contribution in [1.82, 2.24) is 14.7 Å². The van der Waals surface area contributed by atoms with E-state index in [2.05, 4.69) is 10.3 Å². The van der Waals surface area contributed by atoms with E-state index in [0.29, 0.717) is 74.3 Å². The lowest BCUT2D eigenvalue weighted by Crippen LogP contribution is -2.56. The first kappa shape index (κ1) is 26.1. The molecular formula is C26H31F2N5O5. The van der Waals surface area contributed by atoms with Crippen molar-refractivity contribution in [1.29, 1.82) is 0 Å². The fourth-order valence-corrected chi connectivity index (χ4v) is 5.99. The summed E-state index contributed by atoms with van der Waals surface area (Å²) in [4.78, 5) is 30.4. The van der Waals surface area contributed by atoms with Crippen molar-refractivity contribution < 1.29 is 28.1 Å². The fraction of sp³-hybridized carbons (Fsp3) is 0.577. The van der Waals surface area contributed by atoms with Crippen molar-refractivity contribution in [2.24, 2.45) is 18.1 Å². The number of fused-ring (bicyclic) bond motifs is 1. The first-order valence-electron chi connectivity index (χ1n) is 12.9.